The Morgan fingerprint density at radius 1 is 1.67 bits per heavy atom. The van der Waals surface area contributed by atoms with Gasteiger partial charge in [-0.15, -0.1) is 0 Å². The van der Waals surface area contributed by atoms with Gasteiger partial charge in [-0.05, 0) is 18.6 Å². The first kappa shape index (κ1) is 9.00. The zero-order valence-corrected chi connectivity index (χ0v) is 7.02. The van der Waals surface area contributed by atoms with Gasteiger partial charge in [-0.2, -0.15) is 0 Å². The number of hydrogen-bond donors (Lipinski definition) is 1. The summed E-state index contributed by atoms with van der Waals surface area (Å²) < 4.78 is 12.7. The highest BCUT2D eigenvalue weighted by atomic mass is 35.5. The van der Waals surface area contributed by atoms with Crippen LogP contribution in [0.1, 0.15) is 15.9 Å². The molecule has 0 saturated heterocycles. The molecule has 0 atom stereocenters. The van der Waals surface area contributed by atoms with Crippen molar-refractivity contribution >= 4 is 17.9 Å². The smallest absolute Gasteiger partial charge is 0.165 e. The number of aldehydes is 1. The molecule has 0 aliphatic carbocycles. The number of halogens is 2. The van der Waals surface area contributed by atoms with Gasteiger partial charge >= 0.3 is 0 Å². The van der Waals surface area contributed by atoms with Crippen LogP contribution < -0.4 is 0 Å². The molecule has 64 valence electrons. The largest absolute Gasteiger partial charge is 0.504 e. The lowest BCUT2D eigenvalue weighted by molar-refractivity contribution is 0.112. The van der Waals surface area contributed by atoms with Gasteiger partial charge < -0.3 is 5.11 Å². The van der Waals surface area contributed by atoms with Crippen molar-refractivity contribution in [1.82, 2.24) is 0 Å². The molecule has 0 aromatic heterocycles. The van der Waals surface area contributed by atoms with Gasteiger partial charge in [-0.3, -0.25) is 4.79 Å². The molecule has 0 bridgehead atoms. The van der Waals surface area contributed by atoms with Gasteiger partial charge in [0.2, 0.25) is 0 Å². The third kappa shape index (κ3) is 1.28. The van der Waals surface area contributed by atoms with Crippen LogP contribution in [-0.4, -0.2) is 11.4 Å². The normalized spacial score (nSPS) is 9.92. The molecule has 0 aliphatic rings. The Bertz CT molecular complexity index is 310. The minimum absolute atomic E-state index is 0.0869. The lowest BCUT2D eigenvalue weighted by atomic mass is 10.1. The van der Waals surface area contributed by atoms with Crippen molar-refractivity contribution in [3.05, 3.63) is 28.0 Å². The van der Waals surface area contributed by atoms with E-state index in [1.807, 2.05) is 0 Å². The maximum Gasteiger partial charge on any atom is 0.165 e. The van der Waals surface area contributed by atoms with E-state index in [1.165, 1.54) is 0 Å². The fourth-order valence-electron chi connectivity index (χ4n) is 0.874. The number of aromatic hydroxyl groups is 1. The number of phenols is 1. The van der Waals surface area contributed by atoms with Gasteiger partial charge in [0.15, 0.2) is 17.9 Å². The second-order valence-corrected chi connectivity index (χ2v) is 2.75. The Morgan fingerprint density at radius 3 is 2.75 bits per heavy atom. The molecule has 1 rings (SSSR count). The van der Waals surface area contributed by atoms with Crippen LogP contribution in [0.3, 0.4) is 0 Å². The number of carbonyl (C=O) groups excluding carboxylic acids is 1. The lowest BCUT2D eigenvalue weighted by Gasteiger charge is -2.04. The van der Waals surface area contributed by atoms with E-state index in [1.54, 1.807) is 6.92 Å². The molecule has 4 heteroatoms. The first-order valence-corrected chi connectivity index (χ1v) is 3.58. The van der Waals surface area contributed by atoms with Crippen LogP contribution in [0, 0.1) is 12.7 Å². The molecule has 0 fully saturated rings. The minimum atomic E-state index is -0.834. The van der Waals surface area contributed by atoms with Crippen molar-refractivity contribution in [3.8, 4) is 5.75 Å². The summed E-state index contributed by atoms with van der Waals surface area (Å²) in [6, 6.07) is 1.07. The summed E-state index contributed by atoms with van der Waals surface area (Å²) >= 11 is 5.61. The summed E-state index contributed by atoms with van der Waals surface area (Å²) in [6.07, 6.45) is 0.327. The van der Waals surface area contributed by atoms with Crippen LogP contribution in [-0.2, 0) is 0 Å². The van der Waals surface area contributed by atoms with Gasteiger partial charge in [0.1, 0.15) is 0 Å². The molecule has 0 amide bonds. The first-order valence-electron chi connectivity index (χ1n) is 3.20. The van der Waals surface area contributed by atoms with Crippen molar-refractivity contribution in [3.63, 3.8) is 0 Å². The fraction of sp³-hybridized carbons (Fsp3) is 0.125. The third-order valence-electron chi connectivity index (χ3n) is 1.53. The molecular weight excluding hydrogens is 183 g/mol. The summed E-state index contributed by atoms with van der Waals surface area (Å²) in [5.74, 6) is -1.53. The number of rotatable bonds is 1. The number of hydrogen-bond acceptors (Lipinski definition) is 2. The Morgan fingerprint density at radius 2 is 2.25 bits per heavy atom. The fourth-order valence-corrected chi connectivity index (χ4v) is 1.06. The average molecular weight is 189 g/mol. The predicted octanol–water partition coefficient (Wildman–Crippen LogP) is 2.31. The lowest BCUT2D eigenvalue weighted by Crippen LogP contribution is -1.90. The summed E-state index contributed by atoms with van der Waals surface area (Å²) in [5.41, 5.74) is 0.225. The average Bonchev–Trinajstić information content (AvgIpc) is 2.02. The molecule has 2 nitrogen and oxygen atoms in total. The van der Waals surface area contributed by atoms with Gasteiger partial charge in [0.25, 0.3) is 0 Å². The number of carbonyl (C=O) groups is 1. The van der Waals surface area contributed by atoms with E-state index in [4.69, 9.17) is 16.7 Å². The molecular formula is C8H6ClFO2. The number of benzene rings is 1. The van der Waals surface area contributed by atoms with Crippen molar-refractivity contribution in [2.75, 3.05) is 0 Å². The topological polar surface area (TPSA) is 37.3 Å². The maximum absolute atomic E-state index is 12.7. The van der Waals surface area contributed by atoms with Crippen LogP contribution in [0.2, 0.25) is 5.02 Å². The zero-order chi connectivity index (χ0) is 9.30. The maximum atomic E-state index is 12.7. The minimum Gasteiger partial charge on any atom is -0.504 e. The molecule has 1 N–H and O–H groups in total. The van der Waals surface area contributed by atoms with Crippen LogP contribution in [0.25, 0.3) is 0 Å². The molecule has 0 heterocycles. The highest BCUT2D eigenvalue weighted by Gasteiger charge is 2.13. The number of phenolic OH excluding ortho intramolecular Hbond substituents is 1. The van der Waals surface area contributed by atoms with E-state index < -0.39 is 11.6 Å². The Labute approximate surface area is 73.6 Å². The molecule has 0 spiro atoms. The molecule has 1 aromatic carbocycles. The summed E-state index contributed by atoms with van der Waals surface area (Å²) in [5, 5.41) is 9.10. The molecule has 0 saturated carbocycles. The second kappa shape index (κ2) is 3.11. The van der Waals surface area contributed by atoms with Crippen LogP contribution in [0.5, 0.6) is 5.75 Å². The van der Waals surface area contributed by atoms with Crippen molar-refractivity contribution in [2.45, 2.75) is 6.92 Å². The highest BCUT2D eigenvalue weighted by molar-refractivity contribution is 6.34. The third-order valence-corrected chi connectivity index (χ3v) is 2.03. The summed E-state index contributed by atoms with van der Waals surface area (Å²) in [7, 11) is 0. The van der Waals surface area contributed by atoms with Crippen LogP contribution in [0.15, 0.2) is 6.07 Å². The molecule has 0 unspecified atom stereocenters. The van der Waals surface area contributed by atoms with Crippen molar-refractivity contribution in [1.29, 1.82) is 0 Å². The van der Waals surface area contributed by atoms with E-state index in [-0.39, 0.29) is 10.6 Å². The van der Waals surface area contributed by atoms with E-state index in [0.29, 0.717) is 11.8 Å². The Balaban J connectivity index is 3.52. The Kier molecular flexibility index (Phi) is 2.33. The highest BCUT2D eigenvalue weighted by Crippen LogP contribution is 2.29. The van der Waals surface area contributed by atoms with E-state index in [0.717, 1.165) is 6.07 Å². The predicted molar refractivity (Wildman–Crippen MR) is 43.2 cm³/mol. The summed E-state index contributed by atoms with van der Waals surface area (Å²) in [6.45, 7) is 1.55. The van der Waals surface area contributed by atoms with E-state index in [2.05, 4.69) is 0 Å². The Hall–Kier alpha value is -1.09. The van der Waals surface area contributed by atoms with Crippen LogP contribution >= 0.6 is 11.6 Å². The van der Waals surface area contributed by atoms with Gasteiger partial charge in [0, 0.05) is 0 Å². The van der Waals surface area contributed by atoms with Gasteiger partial charge in [-0.1, -0.05) is 11.6 Å². The van der Waals surface area contributed by atoms with E-state index in [9.17, 15) is 9.18 Å². The van der Waals surface area contributed by atoms with Gasteiger partial charge in [-0.25, -0.2) is 4.39 Å². The number of aryl methyl sites for hydroxylation is 1. The second-order valence-electron chi connectivity index (χ2n) is 2.37. The van der Waals surface area contributed by atoms with Crippen molar-refractivity contribution in [2.24, 2.45) is 0 Å². The summed E-state index contributed by atoms with van der Waals surface area (Å²) in [4.78, 5) is 10.3. The standard InChI is InChI=1S/C8H6ClFO2/c1-4-2-6(10)8(12)5(3-11)7(4)9/h2-3,12H,1H3. The zero-order valence-electron chi connectivity index (χ0n) is 6.27. The quantitative estimate of drug-likeness (QED) is 0.687. The first-order chi connectivity index (χ1) is 5.57. The van der Waals surface area contributed by atoms with E-state index >= 15 is 0 Å². The molecule has 0 radical (unpaired) electrons. The molecule has 0 aliphatic heterocycles. The molecule has 12 heavy (non-hydrogen) atoms. The van der Waals surface area contributed by atoms with Crippen LogP contribution in [0.4, 0.5) is 4.39 Å². The van der Waals surface area contributed by atoms with Gasteiger partial charge in [0.05, 0.1) is 10.6 Å². The molecule has 1 aromatic rings. The van der Waals surface area contributed by atoms with Crippen molar-refractivity contribution < 1.29 is 14.3 Å². The monoisotopic (exact) mass is 188 g/mol. The SMILES string of the molecule is Cc1cc(F)c(O)c(C=O)c1Cl.